The fourth-order valence-electron chi connectivity index (χ4n) is 3.36. The molecule has 0 aliphatic heterocycles. The molecule has 2 amide bonds. The van der Waals surface area contributed by atoms with Crippen LogP contribution in [0.15, 0.2) is 48.5 Å². The van der Waals surface area contributed by atoms with Crippen molar-refractivity contribution in [2.45, 2.75) is 72.0 Å². The number of benzene rings is 2. The lowest BCUT2D eigenvalue weighted by atomic mass is 10.1. The highest BCUT2D eigenvalue weighted by atomic mass is 35.5. The first kappa shape index (κ1) is 25.7. The van der Waals surface area contributed by atoms with Crippen LogP contribution in [0.1, 0.15) is 57.6 Å². The zero-order chi connectivity index (χ0) is 23.5. The van der Waals surface area contributed by atoms with Gasteiger partial charge in [0.1, 0.15) is 11.8 Å². The van der Waals surface area contributed by atoms with Crippen molar-refractivity contribution in [3.8, 4) is 5.75 Å². The van der Waals surface area contributed by atoms with E-state index in [1.165, 1.54) is 5.56 Å². The zero-order valence-electron chi connectivity index (χ0n) is 19.6. The predicted octanol–water partition coefficient (Wildman–Crippen LogP) is 5.53. The summed E-state index contributed by atoms with van der Waals surface area (Å²) in [5, 5.41) is 3.61. The van der Waals surface area contributed by atoms with E-state index < -0.39 is 6.04 Å². The number of hydrogen-bond acceptors (Lipinski definition) is 3. The van der Waals surface area contributed by atoms with Crippen molar-refractivity contribution in [2.24, 2.45) is 0 Å². The van der Waals surface area contributed by atoms with Crippen LogP contribution in [0.5, 0.6) is 5.75 Å². The molecule has 0 aliphatic carbocycles. The Morgan fingerprint density at radius 2 is 1.75 bits per heavy atom. The second kappa shape index (κ2) is 13.1. The summed E-state index contributed by atoms with van der Waals surface area (Å²) in [4.78, 5) is 27.8. The molecule has 6 heteroatoms. The monoisotopic (exact) mass is 458 g/mol. The summed E-state index contributed by atoms with van der Waals surface area (Å²) in [6.45, 7) is 8.67. The molecule has 2 unspecified atom stereocenters. The molecule has 0 bridgehead atoms. The first-order valence-electron chi connectivity index (χ1n) is 11.4. The van der Waals surface area contributed by atoms with Crippen LogP contribution in [0.4, 0.5) is 0 Å². The third-order valence-electron chi connectivity index (χ3n) is 5.51. The number of carbonyl (C=O) groups excluding carboxylic acids is 2. The fraction of sp³-hybridized carbons (Fsp3) is 0.462. The summed E-state index contributed by atoms with van der Waals surface area (Å²) in [6, 6.07) is 14.8. The SMILES string of the molecule is CCC(C)NC(=O)C(CC)N(Cc1ccccc1Cl)C(=O)CCCOc1ccc(C)cc1. The van der Waals surface area contributed by atoms with Crippen LogP contribution in [0, 0.1) is 6.92 Å². The van der Waals surface area contributed by atoms with Crippen LogP contribution in [-0.2, 0) is 16.1 Å². The smallest absolute Gasteiger partial charge is 0.243 e. The van der Waals surface area contributed by atoms with Gasteiger partial charge in [-0.05, 0) is 56.9 Å². The molecule has 0 spiro atoms. The van der Waals surface area contributed by atoms with Crippen molar-refractivity contribution >= 4 is 23.4 Å². The highest BCUT2D eigenvalue weighted by Gasteiger charge is 2.29. The Kier molecular flexibility index (Phi) is 10.5. The van der Waals surface area contributed by atoms with Crippen LogP contribution in [-0.4, -0.2) is 35.4 Å². The van der Waals surface area contributed by atoms with Crippen LogP contribution < -0.4 is 10.1 Å². The predicted molar refractivity (Wildman–Crippen MR) is 130 cm³/mol. The molecule has 32 heavy (non-hydrogen) atoms. The lowest BCUT2D eigenvalue weighted by molar-refractivity contribution is -0.141. The molecule has 2 aromatic carbocycles. The van der Waals surface area contributed by atoms with E-state index in [1.807, 2.05) is 70.2 Å². The third-order valence-corrected chi connectivity index (χ3v) is 5.88. The molecule has 0 radical (unpaired) electrons. The van der Waals surface area contributed by atoms with E-state index in [2.05, 4.69) is 5.32 Å². The number of aryl methyl sites for hydroxylation is 1. The maximum atomic E-state index is 13.2. The normalized spacial score (nSPS) is 12.7. The maximum absolute atomic E-state index is 13.2. The number of halogens is 1. The minimum Gasteiger partial charge on any atom is -0.494 e. The largest absolute Gasteiger partial charge is 0.494 e. The fourth-order valence-corrected chi connectivity index (χ4v) is 3.56. The van der Waals surface area contributed by atoms with Gasteiger partial charge in [0, 0.05) is 24.0 Å². The van der Waals surface area contributed by atoms with Gasteiger partial charge >= 0.3 is 0 Å². The van der Waals surface area contributed by atoms with Crippen molar-refractivity contribution in [1.82, 2.24) is 10.2 Å². The van der Waals surface area contributed by atoms with E-state index in [1.54, 1.807) is 11.0 Å². The summed E-state index contributed by atoms with van der Waals surface area (Å²) in [6.07, 6.45) is 2.22. The van der Waals surface area contributed by atoms with Crippen LogP contribution in [0.3, 0.4) is 0 Å². The highest BCUT2D eigenvalue weighted by Crippen LogP contribution is 2.21. The number of ether oxygens (including phenoxy) is 1. The van der Waals surface area contributed by atoms with Gasteiger partial charge < -0.3 is 15.0 Å². The Morgan fingerprint density at radius 1 is 1.06 bits per heavy atom. The van der Waals surface area contributed by atoms with Gasteiger partial charge in [0.2, 0.25) is 11.8 Å². The number of rotatable bonds is 12. The van der Waals surface area contributed by atoms with Crippen molar-refractivity contribution in [3.63, 3.8) is 0 Å². The summed E-state index contributed by atoms with van der Waals surface area (Å²) < 4.78 is 5.76. The van der Waals surface area contributed by atoms with E-state index in [0.717, 1.165) is 17.7 Å². The van der Waals surface area contributed by atoms with Gasteiger partial charge in [-0.15, -0.1) is 0 Å². The quantitative estimate of drug-likeness (QED) is 0.425. The summed E-state index contributed by atoms with van der Waals surface area (Å²) in [5.74, 6) is 0.581. The Balaban J connectivity index is 2.07. The molecule has 0 aromatic heterocycles. The van der Waals surface area contributed by atoms with E-state index in [9.17, 15) is 9.59 Å². The summed E-state index contributed by atoms with van der Waals surface area (Å²) in [5.41, 5.74) is 2.00. The van der Waals surface area contributed by atoms with Gasteiger partial charge in [0.15, 0.2) is 0 Å². The molecule has 0 aliphatic rings. The average molecular weight is 459 g/mol. The molecule has 174 valence electrons. The topological polar surface area (TPSA) is 58.6 Å². The summed E-state index contributed by atoms with van der Waals surface area (Å²) in [7, 11) is 0. The number of amides is 2. The first-order valence-corrected chi connectivity index (χ1v) is 11.8. The van der Waals surface area contributed by atoms with Crippen LogP contribution >= 0.6 is 11.6 Å². The highest BCUT2D eigenvalue weighted by molar-refractivity contribution is 6.31. The lowest BCUT2D eigenvalue weighted by Gasteiger charge is -2.31. The molecule has 0 saturated carbocycles. The molecule has 1 N–H and O–H groups in total. The summed E-state index contributed by atoms with van der Waals surface area (Å²) >= 11 is 6.35. The van der Waals surface area contributed by atoms with E-state index in [4.69, 9.17) is 16.3 Å². The second-order valence-corrected chi connectivity index (χ2v) is 8.53. The molecule has 2 rings (SSSR count). The van der Waals surface area contributed by atoms with Gasteiger partial charge in [-0.2, -0.15) is 0 Å². The van der Waals surface area contributed by atoms with Crippen LogP contribution in [0.2, 0.25) is 5.02 Å². The Bertz CT molecular complexity index is 870. The Labute approximate surface area is 197 Å². The molecular weight excluding hydrogens is 424 g/mol. The minimum atomic E-state index is -0.550. The van der Waals surface area contributed by atoms with Crippen LogP contribution in [0.25, 0.3) is 0 Å². The van der Waals surface area contributed by atoms with Crippen molar-refractivity contribution in [3.05, 3.63) is 64.7 Å². The number of nitrogens with zero attached hydrogens (tertiary/aromatic N) is 1. The van der Waals surface area contributed by atoms with Gasteiger partial charge in [-0.25, -0.2) is 0 Å². The van der Waals surface area contributed by atoms with E-state index >= 15 is 0 Å². The van der Waals surface area contributed by atoms with Gasteiger partial charge in [0.05, 0.1) is 6.61 Å². The Hall–Kier alpha value is -2.53. The first-order chi connectivity index (χ1) is 15.3. The molecule has 0 fully saturated rings. The number of nitrogens with one attached hydrogen (secondary N) is 1. The third kappa shape index (κ3) is 7.86. The van der Waals surface area contributed by atoms with Gasteiger partial charge in [-0.1, -0.05) is 61.3 Å². The average Bonchev–Trinajstić information content (AvgIpc) is 2.78. The molecule has 0 saturated heterocycles. The number of carbonyl (C=O) groups is 2. The van der Waals surface area contributed by atoms with E-state index in [-0.39, 0.29) is 17.9 Å². The number of hydrogen-bond donors (Lipinski definition) is 1. The van der Waals surface area contributed by atoms with E-state index in [0.29, 0.717) is 37.4 Å². The van der Waals surface area contributed by atoms with Crippen molar-refractivity contribution in [2.75, 3.05) is 6.61 Å². The van der Waals surface area contributed by atoms with Gasteiger partial charge in [-0.3, -0.25) is 9.59 Å². The molecule has 0 heterocycles. The standard InChI is InChI=1S/C26H35ClN2O3/c1-5-20(4)28-26(31)24(6-2)29(18-21-10-7-8-11-23(21)27)25(30)12-9-17-32-22-15-13-19(3)14-16-22/h7-8,10-11,13-16,20,24H,5-6,9,12,17-18H2,1-4H3,(H,28,31). The molecular formula is C26H35ClN2O3. The molecule has 5 nitrogen and oxygen atoms in total. The zero-order valence-corrected chi connectivity index (χ0v) is 20.3. The second-order valence-electron chi connectivity index (χ2n) is 8.12. The maximum Gasteiger partial charge on any atom is 0.243 e. The van der Waals surface area contributed by atoms with Gasteiger partial charge in [0.25, 0.3) is 0 Å². The van der Waals surface area contributed by atoms with Crippen molar-refractivity contribution < 1.29 is 14.3 Å². The molecule has 2 aromatic rings. The minimum absolute atomic E-state index is 0.0525. The Morgan fingerprint density at radius 3 is 2.38 bits per heavy atom. The molecule has 2 atom stereocenters. The van der Waals surface area contributed by atoms with Crippen molar-refractivity contribution in [1.29, 1.82) is 0 Å². The lowest BCUT2D eigenvalue weighted by Crippen LogP contribution is -2.50.